The van der Waals surface area contributed by atoms with Crippen molar-refractivity contribution < 1.29 is 14.3 Å². The van der Waals surface area contributed by atoms with Crippen LogP contribution in [0, 0.1) is 11.3 Å². The topological polar surface area (TPSA) is 81.4 Å². The van der Waals surface area contributed by atoms with Gasteiger partial charge < -0.3 is 15.8 Å². The number of benzene rings is 1. The highest BCUT2D eigenvalue weighted by molar-refractivity contribution is 6.30. The predicted octanol–water partition coefficient (Wildman–Crippen LogP) is 4.27. The lowest BCUT2D eigenvalue weighted by Gasteiger charge is -2.37. The summed E-state index contributed by atoms with van der Waals surface area (Å²) < 4.78 is 6.04. The molecule has 0 radical (unpaired) electrons. The fourth-order valence-electron chi connectivity index (χ4n) is 4.93. The Labute approximate surface area is 172 Å². The molecule has 2 amide bonds. The van der Waals surface area contributed by atoms with E-state index in [0.29, 0.717) is 6.61 Å². The molecular weight excluding hydrogens is 376 g/mol. The zero-order chi connectivity index (χ0) is 20.1. The SMILES string of the molecule is CC(N)=O.O=C(N[C@H]1c2cc(Cl)ccc2COCC12CCCC2)C1CCCC1. The van der Waals surface area contributed by atoms with Crippen LogP contribution in [-0.4, -0.2) is 18.4 Å². The number of halogens is 1. The molecule has 3 aliphatic rings. The van der Waals surface area contributed by atoms with E-state index < -0.39 is 0 Å². The molecule has 1 heterocycles. The van der Waals surface area contributed by atoms with E-state index in [1.54, 1.807) is 0 Å². The van der Waals surface area contributed by atoms with Gasteiger partial charge in [0.15, 0.2) is 0 Å². The van der Waals surface area contributed by atoms with Gasteiger partial charge in [-0.15, -0.1) is 0 Å². The third kappa shape index (κ3) is 4.87. The molecule has 1 aromatic carbocycles. The number of carbonyl (C=O) groups is 2. The maximum atomic E-state index is 12.9. The van der Waals surface area contributed by atoms with E-state index in [4.69, 9.17) is 16.3 Å². The van der Waals surface area contributed by atoms with Gasteiger partial charge in [-0.1, -0.05) is 43.4 Å². The number of amides is 2. The Morgan fingerprint density at radius 1 is 1.18 bits per heavy atom. The van der Waals surface area contributed by atoms with E-state index >= 15 is 0 Å². The normalized spacial score (nSPS) is 23.4. The summed E-state index contributed by atoms with van der Waals surface area (Å²) in [6, 6.07) is 6.06. The average Bonchev–Trinajstić information content (AvgIpc) is 3.30. The summed E-state index contributed by atoms with van der Waals surface area (Å²) in [5.74, 6) is 0.0897. The zero-order valence-corrected chi connectivity index (χ0v) is 17.4. The van der Waals surface area contributed by atoms with Crippen LogP contribution in [0.4, 0.5) is 0 Å². The number of carbonyl (C=O) groups excluding carboxylic acids is 2. The minimum atomic E-state index is -0.333. The molecule has 1 atom stereocenters. The van der Waals surface area contributed by atoms with Crippen molar-refractivity contribution in [2.45, 2.75) is 70.9 Å². The first-order chi connectivity index (χ1) is 13.4. The molecule has 4 rings (SSSR count). The van der Waals surface area contributed by atoms with Crippen molar-refractivity contribution in [2.75, 3.05) is 6.61 Å². The minimum Gasteiger partial charge on any atom is -0.376 e. The Morgan fingerprint density at radius 2 is 1.82 bits per heavy atom. The van der Waals surface area contributed by atoms with E-state index in [1.807, 2.05) is 12.1 Å². The average molecular weight is 407 g/mol. The maximum Gasteiger partial charge on any atom is 0.223 e. The van der Waals surface area contributed by atoms with Crippen molar-refractivity contribution in [1.29, 1.82) is 0 Å². The Balaban J connectivity index is 0.000000516. The van der Waals surface area contributed by atoms with Crippen LogP contribution in [0.1, 0.15) is 75.5 Å². The first-order valence-electron chi connectivity index (χ1n) is 10.3. The summed E-state index contributed by atoms with van der Waals surface area (Å²) in [7, 11) is 0. The molecule has 154 valence electrons. The molecule has 0 bridgehead atoms. The highest BCUT2D eigenvalue weighted by Gasteiger charge is 2.45. The lowest BCUT2D eigenvalue weighted by Crippen LogP contribution is -2.43. The van der Waals surface area contributed by atoms with Crippen molar-refractivity contribution in [3.05, 3.63) is 34.3 Å². The minimum absolute atomic E-state index is 0.0318. The zero-order valence-electron chi connectivity index (χ0n) is 16.6. The third-order valence-corrected chi connectivity index (χ3v) is 6.53. The Bertz CT molecular complexity index is 706. The van der Waals surface area contributed by atoms with Crippen LogP contribution in [-0.2, 0) is 20.9 Å². The molecule has 1 aliphatic heterocycles. The summed E-state index contributed by atoms with van der Waals surface area (Å²) in [4.78, 5) is 22.1. The quantitative estimate of drug-likeness (QED) is 0.769. The third-order valence-electron chi connectivity index (χ3n) is 6.29. The second-order valence-electron chi connectivity index (χ2n) is 8.44. The van der Waals surface area contributed by atoms with E-state index in [-0.39, 0.29) is 29.2 Å². The van der Waals surface area contributed by atoms with Crippen LogP contribution in [0.25, 0.3) is 0 Å². The molecule has 28 heavy (non-hydrogen) atoms. The van der Waals surface area contributed by atoms with Crippen molar-refractivity contribution in [3.8, 4) is 0 Å². The van der Waals surface area contributed by atoms with Crippen LogP contribution >= 0.6 is 11.6 Å². The van der Waals surface area contributed by atoms with E-state index in [1.165, 1.54) is 43.7 Å². The molecule has 0 saturated heterocycles. The fourth-order valence-corrected chi connectivity index (χ4v) is 5.12. The molecule has 2 fully saturated rings. The molecule has 2 aliphatic carbocycles. The standard InChI is InChI=1S/C20H26ClNO2.C2H5NO/c21-16-8-7-15-12-24-13-20(9-3-4-10-20)18(17(15)11-16)22-19(23)14-5-1-2-6-14;1-2(3)4/h7-8,11,14,18H,1-6,9-10,12-13H2,(H,22,23);1H3,(H2,3,4)/t18-;/m0./s1. The summed E-state index contributed by atoms with van der Waals surface area (Å²) >= 11 is 6.30. The van der Waals surface area contributed by atoms with E-state index in [0.717, 1.165) is 37.3 Å². The highest BCUT2D eigenvalue weighted by atomic mass is 35.5. The van der Waals surface area contributed by atoms with Crippen molar-refractivity contribution in [2.24, 2.45) is 17.1 Å². The molecule has 5 nitrogen and oxygen atoms in total. The van der Waals surface area contributed by atoms with Crippen molar-refractivity contribution in [1.82, 2.24) is 5.32 Å². The summed E-state index contributed by atoms with van der Waals surface area (Å²) in [6.45, 7) is 2.65. The Kier molecular flexibility index (Phi) is 7.00. The largest absolute Gasteiger partial charge is 0.376 e. The first-order valence-corrected chi connectivity index (χ1v) is 10.7. The molecule has 1 aromatic rings. The van der Waals surface area contributed by atoms with Gasteiger partial charge in [0.2, 0.25) is 11.8 Å². The van der Waals surface area contributed by atoms with Crippen LogP contribution < -0.4 is 11.1 Å². The van der Waals surface area contributed by atoms with E-state index in [9.17, 15) is 9.59 Å². The number of ether oxygens (including phenoxy) is 1. The number of nitrogens with two attached hydrogens (primary N) is 1. The molecule has 0 unspecified atom stereocenters. The second-order valence-corrected chi connectivity index (χ2v) is 8.88. The number of fused-ring (bicyclic) bond motifs is 1. The molecule has 1 spiro atoms. The van der Waals surface area contributed by atoms with Crippen LogP contribution in [0.15, 0.2) is 18.2 Å². The lowest BCUT2D eigenvalue weighted by molar-refractivity contribution is -0.127. The van der Waals surface area contributed by atoms with Crippen LogP contribution in [0.5, 0.6) is 0 Å². The molecular formula is C22H31ClN2O3. The smallest absolute Gasteiger partial charge is 0.223 e. The number of rotatable bonds is 2. The Hall–Kier alpha value is -1.59. The van der Waals surface area contributed by atoms with Gasteiger partial charge in [0, 0.05) is 23.3 Å². The lowest BCUT2D eigenvalue weighted by atomic mass is 9.75. The van der Waals surface area contributed by atoms with Crippen LogP contribution in [0.3, 0.4) is 0 Å². The van der Waals surface area contributed by atoms with Gasteiger partial charge in [0.25, 0.3) is 0 Å². The van der Waals surface area contributed by atoms with Gasteiger partial charge in [-0.3, -0.25) is 9.59 Å². The van der Waals surface area contributed by atoms with Gasteiger partial charge in [0.05, 0.1) is 19.3 Å². The number of hydrogen-bond donors (Lipinski definition) is 2. The number of nitrogens with one attached hydrogen (secondary N) is 1. The summed E-state index contributed by atoms with van der Waals surface area (Å²) in [5, 5.41) is 4.18. The molecule has 3 N–H and O–H groups in total. The highest BCUT2D eigenvalue weighted by Crippen LogP contribution is 2.50. The summed E-state index contributed by atoms with van der Waals surface area (Å²) in [6.07, 6.45) is 9.10. The molecule has 0 aromatic heterocycles. The van der Waals surface area contributed by atoms with Crippen LogP contribution in [0.2, 0.25) is 5.02 Å². The predicted molar refractivity (Wildman–Crippen MR) is 110 cm³/mol. The van der Waals surface area contributed by atoms with Gasteiger partial charge >= 0.3 is 0 Å². The van der Waals surface area contributed by atoms with Gasteiger partial charge in [-0.05, 0) is 48.9 Å². The Morgan fingerprint density at radius 3 is 2.46 bits per heavy atom. The fraction of sp³-hybridized carbons (Fsp3) is 0.636. The number of hydrogen-bond acceptors (Lipinski definition) is 3. The van der Waals surface area contributed by atoms with Gasteiger partial charge in [-0.2, -0.15) is 0 Å². The van der Waals surface area contributed by atoms with Gasteiger partial charge in [-0.25, -0.2) is 0 Å². The van der Waals surface area contributed by atoms with Crippen molar-refractivity contribution in [3.63, 3.8) is 0 Å². The second kappa shape index (κ2) is 9.27. The first kappa shape index (κ1) is 21.1. The molecule has 6 heteroatoms. The van der Waals surface area contributed by atoms with Crippen molar-refractivity contribution >= 4 is 23.4 Å². The van der Waals surface area contributed by atoms with Gasteiger partial charge in [0.1, 0.15) is 0 Å². The van der Waals surface area contributed by atoms with E-state index in [2.05, 4.69) is 17.1 Å². The number of primary amides is 1. The molecule has 2 saturated carbocycles. The summed E-state index contributed by atoms with van der Waals surface area (Å²) in [5.41, 5.74) is 6.85. The maximum absolute atomic E-state index is 12.9. The monoisotopic (exact) mass is 406 g/mol.